The van der Waals surface area contributed by atoms with Gasteiger partial charge in [-0.1, -0.05) is 30.3 Å². The Bertz CT molecular complexity index is 1270. The molecule has 4 bridgehead atoms. The topological polar surface area (TPSA) is 74.2 Å². The molecular formula is C30H33N3O2. The summed E-state index contributed by atoms with van der Waals surface area (Å²) < 4.78 is 0. The molecule has 8 rings (SSSR count). The van der Waals surface area contributed by atoms with E-state index in [0.29, 0.717) is 12.8 Å². The van der Waals surface area contributed by atoms with E-state index in [2.05, 4.69) is 22.8 Å². The van der Waals surface area contributed by atoms with Crippen LogP contribution in [0, 0.1) is 23.2 Å². The number of fused-ring (bicyclic) bond motifs is 2. The van der Waals surface area contributed by atoms with Crippen LogP contribution < -0.4 is 10.6 Å². The van der Waals surface area contributed by atoms with Gasteiger partial charge in [0.1, 0.15) is 5.82 Å². The molecule has 3 aromatic rings. The van der Waals surface area contributed by atoms with E-state index < -0.39 is 6.10 Å². The normalized spacial score (nSPS) is 32.5. The highest BCUT2D eigenvalue weighted by Gasteiger charge is 2.51. The number of benzene rings is 2. The Morgan fingerprint density at radius 3 is 2.46 bits per heavy atom. The monoisotopic (exact) mass is 467 g/mol. The highest BCUT2D eigenvalue weighted by Crippen LogP contribution is 2.61. The summed E-state index contributed by atoms with van der Waals surface area (Å²) in [4.78, 5) is 18.0. The molecule has 5 aliphatic rings. The fourth-order valence-electron chi connectivity index (χ4n) is 8.29. The number of aliphatic hydroxyl groups excluding tert-OH is 1. The van der Waals surface area contributed by atoms with Crippen molar-refractivity contribution in [3.05, 3.63) is 65.7 Å². The van der Waals surface area contributed by atoms with Crippen LogP contribution in [0.5, 0.6) is 0 Å². The van der Waals surface area contributed by atoms with Crippen LogP contribution in [-0.2, 0) is 11.2 Å². The average Bonchev–Trinajstić information content (AvgIpc) is 3.13. The quantitative estimate of drug-likeness (QED) is 0.440. The summed E-state index contributed by atoms with van der Waals surface area (Å²) in [7, 11) is 0. The lowest BCUT2D eigenvalue weighted by molar-refractivity contribution is -0.124. The third kappa shape index (κ3) is 3.81. The molecule has 2 atom stereocenters. The third-order valence-corrected chi connectivity index (χ3v) is 9.21. The Morgan fingerprint density at radius 1 is 0.943 bits per heavy atom. The number of nitrogens with zero attached hydrogens (tertiary/aromatic N) is 1. The second kappa shape index (κ2) is 8.06. The number of aliphatic hydroxyl groups is 1. The van der Waals surface area contributed by atoms with Crippen molar-refractivity contribution < 1.29 is 9.90 Å². The molecule has 180 valence electrons. The minimum Gasteiger partial charge on any atom is -0.390 e. The third-order valence-electron chi connectivity index (χ3n) is 9.21. The van der Waals surface area contributed by atoms with E-state index in [4.69, 9.17) is 4.98 Å². The van der Waals surface area contributed by atoms with Crippen LogP contribution in [-0.4, -0.2) is 22.1 Å². The van der Waals surface area contributed by atoms with Gasteiger partial charge in [0.05, 0.1) is 23.3 Å². The number of nitrogens with one attached hydrogen (secondary N) is 2. The van der Waals surface area contributed by atoms with Crippen molar-refractivity contribution in [2.45, 2.75) is 63.5 Å². The van der Waals surface area contributed by atoms with Crippen molar-refractivity contribution in [1.82, 2.24) is 4.98 Å². The fourth-order valence-corrected chi connectivity index (χ4v) is 8.29. The molecule has 4 saturated carbocycles. The number of rotatable bonds is 5. The molecule has 0 aliphatic heterocycles. The summed E-state index contributed by atoms with van der Waals surface area (Å²) in [5, 5.41) is 18.2. The number of aromatic nitrogens is 1. The largest absolute Gasteiger partial charge is 0.390 e. The van der Waals surface area contributed by atoms with Gasteiger partial charge in [-0.2, -0.15) is 0 Å². The molecule has 5 aliphatic carbocycles. The Kier molecular flexibility index (Phi) is 4.92. The van der Waals surface area contributed by atoms with E-state index in [-0.39, 0.29) is 17.4 Å². The van der Waals surface area contributed by atoms with E-state index in [9.17, 15) is 9.90 Å². The van der Waals surface area contributed by atoms with Crippen LogP contribution in [0.4, 0.5) is 11.5 Å². The van der Waals surface area contributed by atoms with Crippen LogP contribution in [0.1, 0.15) is 62.1 Å². The predicted molar refractivity (Wildman–Crippen MR) is 138 cm³/mol. The minimum atomic E-state index is -0.472. The molecule has 5 nitrogen and oxygen atoms in total. The minimum absolute atomic E-state index is 0.146. The predicted octanol–water partition coefficient (Wildman–Crippen LogP) is 5.85. The number of carbonyl (C=O) groups is 1. The standard InChI is InChI=1S/C30H33N3O2/c34-26-13-21-4-1-2-5-22(21)29(26)33-27-9-8-23-24(31-27)6-3-7-25(23)32-28(35)17-30-14-18-10-19(15-30)12-20(11-18)16-30/h1-9,18-20,26,29,34H,10-17H2,(H,31,33)(H,32,35). The molecular weight excluding hydrogens is 434 g/mol. The second-order valence-electron chi connectivity index (χ2n) is 11.8. The van der Waals surface area contributed by atoms with Gasteiger partial charge < -0.3 is 15.7 Å². The highest BCUT2D eigenvalue weighted by molar-refractivity contribution is 6.01. The van der Waals surface area contributed by atoms with Gasteiger partial charge in [-0.05, 0) is 97.1 Å². The van der Waals surface area contributed by atoms with Gasteiger partial charge in [0.25, 0.3) is 0 Å². The lowest BCUT2D eigenvalue weighted by Gasteiger charge is -2.56. The number of amides is 1. The number of anilines is 2. The van der Waals surface area contributed by atoms with Gasteiger partial charge >= 0.3 is 0 Å². The molecule has 5 heteroatoms. The Morgan fingerprint density at radius 2 is 1.69 bits per heavy atom. The van der Waals surface area contributed by atoms with Crippen LogP contribution in [0.2, 0.25) is 0 Å². The zero-order valence-electron chi connectivity index (χ0n) is 20.0. The molecule has 1 aromatic heterocycles. The smallest absolute Gasteiger partial charge is 0.224 e. The zero-order chi connectivity index (χ0) is 23.6. The van der Waals surface area contributed by atoms with Crippen molar-refractivity contribution in [2.24, 2.45) is 23.2 Å². The van der Waals surface area contributed by atoms with Gasteiger partial charge in [-0.25, -0.2) is 4.98 Å². The lowest BCUT2D eigenvalue weighted by Crippen LogP contribution is -2.47. The molecule has 0 spiro atoms. The van der Waals surface area contributed by atoms with E-state index in [1.807, 2.05) is 42.5 Å². The van der Waals surface area contributed by atoms with Crippen LogP contribution in [0.25, 0.3) is 10.9 Å². The maximum atomic E-state index is 13.2. The number of carbonyl (C=O) groups excluding carboxylic acids is 1. The highest BCUT2D eigenvalue weighted by atomic mass is 16.3. The van der Waals surface area contributed by atoms with Crippen LogP contribution in [0.3, 0.4) is 0 Å². The van der Waals surface area contributed by atoms with E-state index in [1.165, 1.54) is 44.1 Å². The fraction of sp³-hybridized carbons (Fsp3) is 0.467. The van der Waals surface area contributed by atoms with Gasteiger partial charge in [0, 0.05) is 18.2 Å². The zero-order valence-corrected chi connectivity index (χ0v) is 20.0. The van der Waals surface area contributed by atoms with E-state index >= 15 is 0 Å². The molecule has 1 amide bonds. The SMILES string of the molecule is O=C(CC12CC3CC(CC(C3)C1)C2)Nc1cccc2nc(NC3c4ccccc4CC3O)ccc12. The van der Waals surface area contributed by atoms with Crippen LogP contribution >= 0.6 is 0 Å². The summed E-state index contributed by atoms with van der Waals surface area (Å²) in [6.07, 6.45) is 8.76. The molecule has 0 radical (unpaired) electrons. The van der Waals surface area contributed by atoms with Gasteiger partial charge in [0.2, 0.25) is 5.91 Å². The van der Waals surface area contributed by atoms with E-state index in [0.717, 1.165) is 45.7 Å². The molecule has 1 heterocycles. The first-order valence-electron chi connectivity index (χ1n) is 13.3. The van der Waals surface area contributed by atoms with Gasteiger partial charge in [-0.15, -0.1) is 0 Å². The molecule has 0 saturated heterocycles. The summed E-state index contributed by atoms with van der Waals surface area (Å²) >= 11 is 0. The van der Waals surface area contributed by atoms with Gasteiger partial charge in [-0.3, -0.25) is 4.79 Å². The molecule has 2 unspecified atom stereocenters. The van der Waals surface area contributed by atoms with Crippen molar-refractivity contribution in [1.29, 1.82) is 0 Å². The Balaban J connectivity index is 1.09. The van der Waals surface area contributed by atoms with Crippen molar-refractivity contribution in [3.63, 3.8) is 0 Å². The molecule has 3 N–H and O–H groups in total. The number of hydrogen-bond donors (Lipinski definition) is 3. The van der Waals surface area contributed by atoms with Crippen molar-refractivity contribution in [3.8, 4) is 0 Å². The number of hydrogen-bond acceptors (Lipinski definition) is 4. The molecule has 2 aromatic carbocycles. The number of pyridine rings is 1. The first kappa shape index (κ1) is 21.4. The summed E-state index contributed by atoms with van der Waals surface area (Å²) in [5.41, 5.74) is 4.22. The Labute approximate surface area is 206 Å². The molecule has 4 fully saturated rings. The second-order valence-corrected chi connectivity index (χ2v) is 11.8. The summed E-state index contributed by atoms with van der Waals surface area (Å²) in [6, 6.07) is 17.9. The molecule has 35 heavy (non-hydrogen) atoms. The maximum Gasteiger partial charge on any atom is 0.224 e. The first-order valence-corrected chi connectivity index (χ1v) is 13.3. The maximum absolute atomic E-state index is 13.2. The summed E-state index contributed by atoms with van der Waals surface area (Å²) in [6.45, 7) is 0. The van der Waals surface area contributed by atoms with Crippen LogP contribution in [0.15, 0.2) is 54.6 Å². The van der Waals surface area contributed by atoms with Crippen molar-refractivity contribution >= 4 is 28.3 Å². The van der Waals surface area contributed by atoms with Gasteiger partial charge in [0.15, 0.2) is 0 Å². The van der Waals surface area contributed by atoms with Crippen molar-refractivity contribution in [2.75, 3.05) is 10.6 Å². The summed E-state index contributed by atoms with van der Waals surface area (Å²) in [5.74, 6) is 3.44. The van der Waals surface area contributed by atoms with E-state index in [1.54, 1.807) is 0 Å². The lowest BCUT2D eigenvalue weighted by atomic mass is 9.49. The average molecular weight is 468 g/mol. The first-order chi connectivity index (χ1) is 17.0. The Hall–Kier alpha value is -2.92.